The van der Waals surface area contributed by atoms with Gasteiger partial charge in [-0.1, -0.05) is 6.92 Å². The van der Waals surface area contributed by atoms with E-state index >= 15 is 0 Å². The van der Waals surface area contributed by atoms with Crippen LogP contribution in [0.25, 0.3) is 0 Å². The summed E-state index contributed by atoms with van der Waals surface area (Å²) < 4.78 is 0. The maximum absolute atomic E-state index is 4.47. The Balaban J connectivity index is 2.02. The minimum atomic E-state index is 0.136. The highest BCUT2D eigenvalue weighted by molar-refractivity contribution is 5.47. The molecule has 1 fully saturated rings. The van der Waals surface area contributed by atoms with Gasteiger partial charge in [-0.05, 0) is 51.7 Å². The molecular weight excluding hydrogens is 234 g/mol. The molecule has 0 aliphatic carbocycles. The normalized spacial score (nSPS) is 20.6. The van der Waals surface area contributed by atoms with Crippen molar-refractivity contribution in [1.82, 2.24) is 10.3 Å². The smallest absolute Gasteiger partial charge is 0.0562 e. The fourth-order valence-corrected chi connectivity index (χ4v) is 2.54. The molecule has 0 aromatic carbocycles. The van der Waals surface area contributed by atoms with Crippen LogP contribution in [0.4, 0.5) is 5.69 Å². The monoisotopic (exact) mass is 261 g/mol. The van der Waals surface area contributed by atoms with Crippen LogP contribution in [-0.2, 0) is 6.54 Å². The largest absolute Gasteiger partial charge is 0.371 e. The molecule has 19 heavy (non-hydrogen) atoms. The van der Waals surface area contributed by atoms with Gasteiger partial charge < -0.3 is 10.2 Å². The molecule has 1 aromatic rings. The number of nitrogens with one attached hydrogen (secondary N) is 1. The Kier molecular flexibility index (Phi) is 4.46. The summed E-state index contributed by atoms with van der Waals surface area (Å²) in [5.41, 5.74) is 2.59. The lowest BCUT2D eigenvalue weighted by molar-refractivity contribution is 0.421. The summed E-state index contributed by atoms with van der Waals surface area (Å²) in [5, 5.41) is 3.50. The first-order chi connectivity index (χ1) is 8.94. The molecule has 2 heterocycles. The van der Waals surface area contributed by atoms with Gasteiger partial charge in [-0.3, -0.25) is 4.98 Å². The average Bonchev–Trinajstić information content (AvgIpc) is 2.36. The van der Waals surface area contributed by atoms with E-state index in [0.717, 1.165) is 18.2 Å². The first kappa shape index (κ1) is 14.3. The van der Waals surface area contributed by atoms with Gasteiger partial charge in [0.05, 0.1) is 5.69 Å². The zero-order chi connectivity index (χ0) is 13.9. The molecular formula is C16H27N3. The summed E-state index contributed by atoms with van der Waals surface area (Å²) in [6.07, 6.45) is 4.60. The lowest BCUT2D eigenvalue weighted by Gasteiger charge is -2.33. The molecule has 0 amide bonds. The Labute approximate surface area is 117 Å². The van der Waals surface area contributed by atoms with Crippen LogP contribution in [0.1, 0.15) is 46.2 Å². The molecule has 1 saturated heterocycles. The van der Waals surface area contributed by atoms with Crippen molar-refractivity contribution in [3.05, 3.63) is 24.0 Å². The minimum Gasteiger partial charge on any atom is -0.371 e. The zero-order valence-corrected chi connectivity index (χ0v) is 12.7. The highest BCUT2D eigenvalue weighted by Gasteiger charge is 2.17. The fourth-order valence-electron chi connectivity index (χ4n) is 2.54. The van der Waals surface area contributed by atoms with Gasteiger partial charge in [0.15, 0.2) is 0 Å². The lowest BCUT2D eigenvalue weighted by atomic mass is 10.00. The molecule has 1 atom stereocenters. The number of pyridine rings is 1. The lowest BCUT2D eigenvalue weighted by Crippen LogP contribution is -2.36. The van der Waals surface area contributed by atoms with E-state index in [1.54, 1.807) is 0 Å². The summed E-state index contributed by atoms with van der Waals surface area (Å²) in [5.74, 6) is 0.804. The number of nitrogens with zero attached hydrogens (tertiary/aromatic N) is 2. The highest BCUT2D eigenvalue weighted by Crippen LogP contribution is 2.23. The summed E-state index contributed by atoms with van der Waals surface area (Å²) in [6.45, 7) is 12.1. The van der Waals surface area contributed by atoms with Gasteiger partial charge in [-0.15, -0.1) is 0 Å². The first-order valence-electron chi connectivity index (χ1n) is 7.39. The zero-order valence-electron chi connectivity index (χ0n) is 12.7. The maximum Gasteiger partial charge on any atom is 0.0562 e. The van der Waals surface area contributed by atoms with E-state index in [-0.39, 0.29) is 5.54 Å². The van der Waals surface area contributed by atoms with Crippen LogP contribution >= 0.6 is 0 Å². The molecule has 0 spiro atoms. The molecule has 3 nitrogen and oxygen atoms in total. The van der Waals surface area contributed by atoms with Crippen LogP contribution in [0.15, 0.2) is 18.3 Å². The second-order valence-corrected chi connectivity index (χ2v) is 6.80. The van der Waals surface area contributed by atoms with E-state index in [1.807, 2.05) is 6.20 Å². The molecule has 2 rings (SSSR count). The summed E-state index contributed by atoms with van der Waals surface area (Å²) in [7, 11) is 0. The molecule has 3 heteroatoms. The standard InChI is InChI=1S/C16H27N3/c1-13-6-5-9-19(12-13)15-7-8-17-14(10-15)11-18-16(2,3)4/h7-8,10,13,18H,5-6,9,11-12H2,1-4H3. The topological polar surface area (TPSA) is 28.2 Å². The minimum absolute atomic E-state index is 0.136. The summed E-state index contributed by atoms with van der Waals surface area (Å²) >= 11 is 0. The van der Waals surface area contributed by atoms with Crippen molar-refractivity contribution in [2.24, 2.45) is 5.92 Å². The van der Waals surface area contributed by atoms with Crippen molar-refractivity contribution in [2.45, 2.75) is 52.6 Å². The van der Waals surface area contributed by atoms with Crippen LogP contribution in [0.3, 0.4) is 0 Å². The number of aromatic nitrogens is 1. The third kappa shape index (κ3) is 4.50. The average molecular weight is 261 g/mol. The number of hydrogen-bond donors (Lipinski definition) is 1. The van der Waals surface area contributed by atoms with Gasteiger partial charge in [-0.2, -0.15) is 0 Å². The summed E-state index contributed by atoms with van der Waals surface area (Å²) in [6, 6.07) is 4.37. The number of anilines is 1. The van der Waals surface area contributed by atoms with E-state index in [0.29, 0.717) is 0 Å². The Morgan fingerprint density at radius 2 is 2.21 bits per heavy atom. The van der Waals surface area contributed by atoms with Gasteiger partial charge in [0.2, 0.25) is 0 Å². The molecule has 1 unspecified atom stereocenters. The third-order valence-corrected chi connectivity index (χ3v) is 3.62. The third-order valence-electron chi connectivity index (χ3n) is 3.62. The van der Waals surface area contributed by atoms with Gasteiger partial charge >= 0.3 is 0 Å². The Hall–Kier alpha value is -1.09. The van der Waals surface area contributed by atoms with Crippen molar-refractivity contribution >= 4 is 5.69 Å². The molecule has 0 radical (unpaired) electrons. The van der Waals surface area contributed by atoms with E-state index in [9.17, 15) is 0 Å². The van der Waals surface area contributed by atoms with Gasteiger partial charge in [0, 0.05) is 37.1 Å². The molecule has 1 aliphatic rings. The Bertz CT molecular complexity index is 409. The van der Waals surface area contributed by atoms with E-state index < -0.39 is 0 Å². The van der Waals surface area contributed by atoms with Crippen molar-refractivity contribution in [3.8, 4) is 0 Å². The van der Waals surface area contributed by atoms with Crippen LogP contribution in [0, 0.1) is 5.92 Å². The quantitative estimate of drug-likeness (QED) is 0.905. The maximum atomic E-state index is 4.47. The molecule has 0 bridgehead atoms. The second-order valence-electron chi connectivity index (χ2n) is 6.80. The molecule has 1 aromatic heterocycles. The van der Waals surface area contributed by atoms with Gasteiger partial charge in [0.25, 0.3) is 0 Å². The van der Waals surface area contributed by atoms with Crippen LogP contribution in [-0.4, -0.2) is 23.6 Å². The van der Waals surface area contributed by atoms with Crippen LogP contribution in [0.5, 0.6) is 0 Å². The van der Waals surface area contributed by atoms with Gasteiger partial charge in [-0.25, -0.2) is 0 Å². The highest BCUT2D eigenvalue weighted by atomic mass is 15.1. The van der Waals surface area contributed by atoms with Crippen molar-refractivity contribution < 1.29 is 0 Å². The fraction of sp³-hybridized carbons (Fsp3) is 0.688. The molecule has 0 saturated carbocycles. The van der Waals surface area contributed by atoms with Gasteiger partial charge in [0.1, 0.15) is 0 Å². The summed E-state index contributed by atoms with van der Waals surface area (Å²) in [4.78, 5) is 6.96. The second kappa shape index (κ2) is 5.91. The SMILES string of the molecule is CC1CCCN(c2ccnc(CNC(C)(C)C)c2)C1. The van der Waals surface area contributed by atoms with Crippen molar-refractivity contribution in [1.29, 1.82) is 0 Å². The Morgan fingerprint density at radius 3 is 2.89 bits per heavy atom. The predicted octanol–water partition coefficient (Wildman–Crippen LogP) is 3.21. The first-order valence-corrected chi connectivity index (χ1v) is 7.39. The molecule has 1 N–H and O–H groups in total. The number of rotatable bonds is 3. The van der Waals surface area contributed by atoms with Crippen LogP contribution in [0.2, 0.25) is 0 Å². The predicted molar refractivity (Wildman–Crippen MR) is 81.4 cm³/mol. The molecule has 1 aliphatic heterocycles. The van der Waals surface area contributed by atoms with Crippen molar-refractivity contribution in [3.63, 3.8) is 0 Å². The van der Waals surface area contributed by atoms with E-state index in [2.05, 4.69) is 55.0 Å². The van der Waals surface area contributed by atoms with E-state index in [1.165, 1.54) is 31.6 Å². The van der Waals surface area contributed by atoms with Crippen LogP contribution < -0.4 is 10.2 Å². The Morgan fingerprint density at radius 1 is 1.42 bits per heavy atom. The number of hydrogen-bond acceptors (Lipinski definition) is 3. The number of piperidine rings is 1. The van der Waals surface area contributed by atoms with Crippen molar-refractivity contribution in [2.75, 3.05) is 18.0 Å². The molecule has 106 valence electrons. The van der Waals surface area contributed by atoms with E-state index in [4.69, 9.17) is 0 Å².